The van der Waals surface area contributed by atoms with Crippen LogP contribution in [0.1, 0.15) is 45.4 Å². The highest BCUT2D eigenvalue weighted by atomic mass is 32.1. The van der Waals surface area contributed by atoms with Crippen LogP contribution in [0.5, 0.6) is 0 Å². The fourth-order valence-corrected chi connectivity index (χ4v) is 3.50. The Kier molecular flexibility index (Phi) is 11.6. The van der Waals surface area contributed by atoms with Gasteiger partial charge >= 0.3 is 0 Å². The third-order valence-electron chi connectivity index (χ3n) is 4.12. The second kappa shape index (κ2) is 13.2. The average Bonchev–Trinajstić information content (AvgIpc) is 3.08. The first-order chi connectivity index (χ1) is 11.7. The molecule has 1 rings (SSSR count). The van der Waals surface area contributed by atoms with E-state index in [4.69, 9.17) is 4.99 Å². The number of nitrogens with zero attached hydrogens (tertiary/aromatic N) is 2. The van der Waals surface area contributed by atoms with Crippen molar-refractivity contribution in [1.29, 1.82) is 0 Å². The van der Waals surface area contributed by atoms with Crippen LogP contribution >= 0.6 is 11.3 Å². The minimum absolute atomic E-state index is 0.571. The van der Waals surface area contributed by atoms with Crippen molar-refractivity contribution < 1.29 is 0 Å². The maximum atomic E-state index is 4.75. The summed E-state index contributed by atoms with van der Waals surface area (Å²) in [5, 5.41) is 8.97. The molecule has 0 fully saturated rings. The van der Waals surface area contributed by atoms with Crippen molar-refractivity contribution in [2.45, 2.75) is 47.0 Å². The molecule has 1 unspecified atom stereocenters. The zero-order valence-electron chi connectivity index (χ0n) is 16.0. The fraction of sp³-hybridized carbons (Fsp3) is 0.737. The maximum absolute atomic E-state index is 4.75. The molecular weight excluding hydrogens is 316 g/mol. The summed E-state index contributed by atoms with van der Waals surface area (Å²) >= 11 is 1.84. The zero-order chi connectivity index (χ0) is 17.6. The SMILES string of the molecule is CCNC(=NCC(C)Cc1cccs1)NCCCCN(CC)CC. The molecule has 0 aromatic carbocycles. The van der Waals surface area contributed by atoms with Gasteiger partial charge in [0.1, 0.15) is 0 Å². The van der Waals surface area contributed by atoms with Gasteiger partial charge in [0, 0.05) is 24.5 Å². The van der Waals surface area contributed by atoms with Crippen LogP contribution in [-0.4, -0.2) is 50.1 Å². The Balaban J connectivity index is 2.26. The lowest BCUT2D eigenvalue weighted by molar-refractivity contribution is 0.297. The van der Waals surface area contributed by atoms with Gasteiger partial charge in [-0.15, -0.1) is 11.3 Å². The Hall–Kier alpha value is -1.07. The third-order valence-corrected chi connectivity index (χ3v) is 5.02. The Bertz CT molecular complexity index is 427. The smallest absolute Gasteiger partial charge is 0.191 e. The third kappa shape index (κ3) is 9.28. The van der Waals surface area contributed by atoms with Crippen LogP contribution in [0, 0.1) is 5.92 Å². The summed E-state index contributed by atoms with van der Waals surface area (Å²) in [6.07, 6.45) is 3.54. The Morgan fingerprint density at radius 1 is 1.21 bits per heavy atom. The van der Waals surface area contributed by atoms with Crippen LogP contribution in [0.4, 0.5) is 0 Å². The molecule has 0 radical (unpaired) electrons. The van der Waals surface area contributed by atoms with Gasteiger partial charge in [0.05, 0.1) is 0 Å². The molecule has 2 N–H and O–H groups in total. The Morgan fingerprint density at radius 2 is 2.00 bits per heavy atom. The summed E-state index contributed by atoms with van der Waals surface area (Å²) in [5.41, 5.74) is 0. The molecule has 0 bridgehead atoms. The second-order valence-electron chi connectivity index (χ2n) is 6.27. The van der Waals surface area contributed by atoms with Gasteiger partial charge < -0.3 is 15.5 Å². The summed E-state index contributed by atoms with van der Waals surface area (Å²) in [7, 11) is 0. The lowest BCUT2D eigenvalue weighted by Crippen LogP contribution is -2.38. The van der Waals surface area contributed by atoms with Crippen molar-refractivity contribution in [2.24, 2.45) is 10.9 Å². The van der Waals surface area contributed by atoms with Gasteiger partial charge in [-0.3, -0.25) is 4.99 Å². The molecule has 24 heavy (non-hydrogen) atoms. The number of thiophene rings is 1. The average molecular weight is 353 g/mol. The summed E-state index contributed by atoms with van der Waals surface area (Å²) in [4.78, 5) is 8.68. The number of guanidine groups is 1. The second-order valence-corrected chi connectivity index (χ2v) is 7.30. The summed E-state index contributed by atoms with van der Waals surface area (Å²) in [6.45, 7) is 15.1. The normalized spacial score (nSPS) is 13.3. The van der Waals surface area contributed by atoms with Gasteiger partial charge in [-0.25, -0.2) is 0 Å². The summed E-state index contributed by atoms with van der Waals surface area (Å²) in [6, 6.07) is 4.34. The van der Waals surface area contributed by atoms with Crippen LogP contribution in [0.25, 0.3) is 0 Å². The van der Waals surface area contributed by atoms with E-state index in [0.717, 1.165) is 45.1 Å². The molecule has 0 saturated heterocycles. The highest BCUT2D eigenvalue weighted by Gasteiger charge is 2.05. The molecule has 1 aromatic heterocycles. The molecule has 0 saturated carbocycles. The first kappa shape index (κ1) is 21.0. The fourth-order valence-electron chi connectivity index (χ4n) is 2.63. The molecule has 0 aliphatic heterocycles. The van der Waals surface area contributed by atoms with E-state index in [1.54, 1.807) is 0 Å². The molecule has 0 aliphatic rings. The number of rotatable bonds is 12. The maximum Gasteiger partial charge on any atom is 0.191 e. The molecule has 1 aromatic rings. The quantitative estimate of drug-likeness (QED) is 0.343. The minimum Gasteiger partial charge on any atom is -0.357 e. The van der Waals surface area contributed by atoms with Gasteiger partial charge in [-0.05, 0) is 63.2 Å². The number of hydrogen-bond acceptors (Lipinski definition) is 3. The van der Waals surface area contributed by atoms with E-state index in [1.165, 1.54) is 24.3 Å². The number of aliphatic imine (C=N–C) groups is 1. The molecule has 1 heterocycles. The number of hydrogen-bond donors (Lipinski definition) is 2. The largest absolute Gasteiger partial charge is 0.357 e. The van der Waals surface area contributed by atoms with Crippen molar-refractivity contribution in [3.05, 3.63) is 22.4 Å². The first-order valence-electron chi connectivity index (χ1n) is 9.46. The van der Waals surface area contributed by atoms with Crippen molar-refractivity contribution in [3.8, 4) is 0 Å². The lowest BCUT2D eigenvalue weighted by atomic mass is 10.1. The van der Waals surface area contributed by atoms with Crippen LogP contribution in [0.15, 0.2) is 22.5 Å². The van der Waals surface area contributed by atoms with Crippen LogP contribution < -0.4 is 10.6 Å². The molecule has 0 spiro atoms. The molecule has 5 heteroatoms. The van der Waals surface area contributed by atoms with Crippen molar-refractivity contribution in [3.63, 3.8) is 0 Å². The first-order valence-corrected chi connectivity index (χ1v) is 10.3. The lowest BCUT2D eigenvalue weighted by Gasteiger charge is -2.18. The highest BCUT2D eigenvalue weighted by molar-refractivity contribution is 7.09. The van der Waals surface area contributed by atoms with Crippen LogP contribution in [-0.2, 0) is 6.42 Å². The van der Waals surface area contributed by atoms with E-state index >= 15 is 0 Å². The van der Waals surface area contributed by atoms with Gasteiger partial charge in [-0.2, -0.15) is 0 Å². The van der Waals surface area contributed by atoms with Crippen molar-refractivity contribution in [2.75, 3.05) is 39.3 Å². The molecule has 4 nitrogen and oxygen atoms in total. The predicted octanol–water partition coefficient (Wildman–Crippen LogP) is 3.60. The van der Waals surface area contributed by atoms with E-state index in [9.17, 15) is 0 Å². The number of nitrogens with one attached hydrogen (secondary N) is 2. The Morgan fingerprint density at radius 3 is 2.62 bits per heavy atom. The van der Waals surface area contributed by atoms with Crippen LogP contribution in [0.2, 0.25) is 0 Å². The highest BCUT2D eigenvalue weighted by Crippen LogP contribution is 2.14. The van der Waals surface area contributed by atoms with Crippen molar-refractivity contribution in [1.82, 2.24) is 15.5 Å². The van der Waals surface area contributed by atoms with Gasteiger partial charge in [0.15, 0.2) is 5.96 Å². The van der Waals surface area contributed by atoms with E-state index < -0.39 is 0 Å². The summed E-state index contributed by atoms with van der Waals surface area (Å²) in [5.74, 6) is 1.53. The number of unbranched alkanes of at least 4 members (excludes halogenated alkanes) is 1. The molecule has 0 aliphatic carbocycles. The van der Waals surface area contributed by atoms with E-state index in [2.05, 4.69) is 60.7 Å². The topological polar surface area (TPSA) is 39.7 Å². The Labute approximate surface area is 152 Å². The zero-order valence-corrected chi connectivity index (χ0v) is 16.8. The van der Waals surface area contributed by atoms with Gasteiger partial charge in [0.2, 0.25) is 0 Å². The van der Waals surface area contributed by atoms with E-state index in [0.29, 0.717) is 5.92 Å². The minimum atomic E-state index is 0.571. The van der Waals surface area contributed by atoms with Crippen molar-refractivity contribution >= 4 is 17.3 Å². The van der Waals surface area contributed by atoms with Gasteiger partial charge in [-0.1, -0.05) is 26.8 Å². The molecular formula is C19H36N4S. The van der Waals surface area contributed by atoms with E-state index in [-0.39, 0.29) is 0 Å². The monoisotopic (exact) mass is 352 g/mol. The van der Waals surface area contributed by atoms with E-state index in [1.807, 2.05) is 11.3 Å². The predicted molar refractivity (Wildman–Crippen MR) is 108 cm³/mol. The molecule has 138 valence electrons. The van der Waals surface area contributed by atoms with Gasteiger partial charge in [0.25, 0.3) is 0 Å². The standard InChI is InChI=1S/C19H36N4S/c1-5-20-19(21-12-8-9-13-23(6-2)7-3)22-16-17(4)15-18-11-10-14-24-18/h10-11,14,17H,5-9,12-13,15-16H2,1-4H3,(H2,20,21,22). The molecule has 0 amide bonds. The molecule has 1 atom stereocenters. The van der Waals surface area contributed by atoms with Crippen LogP contribution in [0.3, 0.4) is 0 Å². The summed E-state index contributed by atoms with van der Waals surface area (Å²) < 4.78 is 0.